The van der Waals surface area contributed by atoms with Crippen LogP contribution in [0.3, 0.4) is 0 Å². The van der Waals surface area contributed by atoms with Gasteiger partial charge in [0.05, 0.1) is 0 Å². The van der Waals surface area contributed by atoms with Crippen LogP contribution in [0.2, 0.25) is 5.02 Å². The van der Waals surface area contributed by atoms with Crippen molar-refractivity contribution in [2.45, 2.75) is 6.42 Å². The summed E-state index contributed by atoms with van der Waals surface area (Å²) >= 11 is 6.08. The standard InChI is InChI=1S/C13H12ClN/c14-13-4-2-1-3-11(13)9-10-5-7-12(15)8-6-10/h1-8H,9,15H2. The maximum atomic E-state index is 6.08. The number of hydrogen-bond donors (Lipinski definition) is 1. The van der Waals surface area contributed by atoms with Gasteiger partial charge in [-0.3, -0.25) is 0 Å². The molecule has 15 heavy (non-hydrogen) atoms. The Bertz CT molecular complexity index is 448. The largest absolute Gasteiger partial charge is 0.399 e. The second kappa shape index (κ2) is 4.37. The molecular formula is C13H12ClN. The lowest BCUT2D eigenvalue weighted by Crippen LogP contribution is -1.90. The zero-order chi connectivity index (χ0) is 10.7. The van der Waals surface area contributed by atoms with Crippen molar-refractivity contribution in [2.75, 3.05) is 5.73 Å². The van der Waals surface area contributed by atoms with Crippen LogP contribution in [0.15, 0.2) is 48.5 Å². The molecule has 0 radical (unpaired) electrons. The van der Waals surface area contributed by atoms with Crippen molar-refractivity contribution in [2.24, 2.45) is 0 Å². The van der Waals surface area contributed by atoms with Crippen LogP contribution in [0.25, 0.3) is 0 Å². The Balaban J connectivity index is 2.22. The minimum absolute atomic E-state index is 0.790. The third-order valence-corrected chi connectivity index (χ3v) is 2.70. The predicted octanol–water partition coefficient (Wildman–Crippen LogP) is 3.51. The zero-order valence-electron chi connectivity index (χ0n) is 8.28. The Morgan fingerprint density at radius 2 is 1.60 bits per heavy atom. The second-order valence-electron chi connectivity index (χ2n) is 3.51. The molecule has 0 aromatic heterocycles. The number of hydrogen-bond acceptors (Lipinski definition) is 1. The Labute approximate surface area is 94.5 Å². The van der Waals surface area contributed by atoms with Gasteiger partial charge < -0.3 is 5.73 Å². The normalized spacial score (nSPS) is 10.2. The SMILES string of the molecule is Nc1ccc(Cc2ccccc2Cl)cc1. The Morgan fingerprint density at radius 3 is 2.27 bits per heavy atom. The van der Waals surface area contributed by atoms with Crippen LogP contribution in [0, 0.1) is 0 Å². The molecule has 0 bridgehead atoms. The minimum atomic E-state index is 0.790. The highest BCUT2D eigenvalue weighted by Crippen LogP contribution is 2.19. The van der Waals surface area contributed by atoms with E-state index in [4.69, 9.17) is 17.3 Å². The van der Waals surface area contributed by atoms with Gasteiger partial charge in [-0.15, -0.1) is 0 Å². The number of nitrogen functional groups attached to an aromatic ring is 1. The first-order chi connectivity index (χ1) is 7.25. The summed E-state index contributed by atoms with van der Waals surface area (Å²) in [4.78, 5) is 0. The van der Waals surface area contributed by atoms with Gasteiger partial charge >= 0.3 is 0 Å². The molecule has 0 saturated carbocycles. The first kappa shape index (κ1) is 10.1. The third kappa shape index (κ3) is 2.51. The van der Waals surface area contributed by atoms with Crippen molar-refractivity contribution in [3.63, 3.8) is 0 Å². The number of anilines is 1. The molecule has 1 nitrogen and oxygen atoms in total. The molecular weight excluding hydrogens is 206 g/mol. The summed E-state index contributed by atoms with van der Waals surface area (Å²) in [5.74, 6) is 0. The van der Waals surface area contributed by atoms with E-state index in [9.17, 15) is 0 Å². The van der Waals surface area contributed by atoms with Gasteiger partial charge in [0.15, 0.2) is 0 Å². The molecule has 2 heteroatoms. The van der Waals surface area contributed by atoms with Crippen LogP contribution in [0.1, 0.15) is 11.1 Å². The van der Waals surface area contributed by atoms with Crippen LogP contribution in [0.4, 0.5) is 5.69 Å². The van der Waals surface area contributed by atoms with Gasteiger partial charge in [-0.25, -0.2) is 0 Å². The molecule has 0 aliphatic heterocycles. The van der Waals surface area contributed by atoms with E-state index in [0.29, 0.717) is 0 Å². The van der Waals surface area contributed by atoms with Crippen molar-refractivity contribution in [3.05, 3.63) is 64.7 Å². The van der Waals surface area contributed by atoms with Gasteiger partial charge in [0.2, 0.25) is 0 Å². The second-order valence-corrected chi connectivity index (χ2v) is 3.92. The molecule has 2 N–H and O–H groups in total. The van der Waals surface area contributed by atoms with E-state index in [0.717, 1.165) is 22.7 Å². The van der Waals surface area contributed by atoms with E-state index in [1.807, 2.05) is 48.5 Å². The summed E-state index contributed by atoms with van der Waals surface area (Å²) in [6.45, 7) is 0. The summed E-state index contributed by atoms with van der Waals surface area (Å²) < 4.78 is 0. The quantitative estimate of drug-likeness (QED) is 0.766. The molecule has 2 aromatic carbocycles. The Kier molecular flexibility index (Phi) is 2.93. The summed E-state index contributed by atoms with van der Waals surface area (Å²) in [5, 5.41) is 0.814. The number of rotatable bonds is 2. The van der Waals surface area contributed by atoms with Crippen molar-refractivity contribution in [1.29, 1.82) is 0 Å². The molecule has 76 valence electrons. The van der Waals surface area contributed by atoms with E-state index in [-0.39, 0.29) is 0 Å². The molecule has 0 unspecified atom stereocenters. The first-order valence-electron chi connectivity index (χ1n) is 4.83. The maximum Gasteiger partial charge on any atom is 0.0441 e. The predicted molar refractivity (Wildman–Crippen MR) is 65.1 cm³/mol. The van der Waals surface area contributed by atoms with Crippen molar-refractivity contribution in [1.82, 2.24) is 0 Å². The molecule has 0 amide bonds. The lowest BCUT2D eigenvalue weighted by Gasteiger charge is -2.04. The van der Waals surface area contributed by atoms with E-state index < -0.39 is 0 Å². The lowest BCUT2D eigenvalue weighted by atomic mass is 10.0. The van der Waals surface area contributed by atoms with Gasteiger partial charge in [-0.1, -0.05) is 41.9 Å². The van der Waals surface area contributed by atoms with E-state index in [1.54, 1.807) is 0 Å². The van der Waals surface area contributed by atoms with E-state index >= 15 is 0 Å². The number of nitrogens with two attached hydrogens (primary N) is 1. The van der Waals surface area contributed by atoms with Crippen molar-refractivity contribution >= 4 is 17.3 Å². The minimum Gasteiger partial charge on any atom is -0.399 e. The fourth-order valence-corrected chi connectivity index (χ4v) is 1.70. The molecule has 0 aliphatic rings. The molecule has 0 heterocycles. The molecule has 0 fully saturated rings. The third-order valence-electron chi connectivity index (χ3n) is 2.33. The lowest BCUT2D eigenvalue weighted by molar-refractivity contribution is 1.19. The van der Waals surface area contributed by atoms with Crippen LogP contribution in [-0.2, 0) is 6.42 Å². The smallest absolute Gasteiger partial charge is 0.0441 e. The van der Waals surface area contributed by atoms with Gasteiger partial charge in [0.1, 0.15) is 0 Å². The summed E-state index contributed by atoms with van der Waals surface area (Å²) in [7, 11) is 0. The highest BCUT2D eigenvalue weighted by molar-refractivity contribution is 6.31. The van der Waals surface area contributed by atoms with Crippen LogP contribution in [0.5, 0.6) is 0 Å². The highest BCUT2D eigenvalue weighted by Gasteiger charge is 2.00. The van der Waals surface area contributed by atoms with Crippen molar-refractivity contribution < 1.29 is 0 Å². The van der Waals surface area contributed by atoms with E-state index in [1.165, 1.54) is 5.56 Å². The van der Waals surface area contributed by atoms with Crippen LogP contribution < -0.4 is 5.73 Å². The number of benzene rings is 2. The average Bonchev–Trinajstić information content (AvgIpc) is 2.25. The molecule has 0 atom stereocenters. The van der Waals surface area contributed by atoms with Crippen molar-refractivity contribution in [3.8, 4) is 0 Å². The van der Waals surface area contributed by atoms with Gasteiger partial charge in [0.25, 0.3) is 0 Å². The molecule has 2 rings (SSSR count). The monoisotopic (exact) mass is 217 g/mol. The molecule has 2 aromatic rings. The topological polar surface area (TPSA) is 26.0 Å². The van der Waals surface area contributed by atoms with Crippen LogP contribution in [-0.4, -0.2) is 0 Å². The molecule has 0 spiro atoms. The maximum absolute atomic E-state index is 6.08. The van der Waals surface area contributed by atoms with Gasteiger partial charge in [0, 0.05) is 10.7 Å². The van der Waals surface area contributed by atoms with Crippen LogP contribution >= 0.6 is 11.6 Å². The average molecular weight is 218 g/mol. The highest BCUT2D eigenvalue weighted by atomic mass is 35.5. The fraction of sp³-hybridized carbons (Fsp3) is 0.0769. The summed E-state index contributed by atoms with van der Waals surface area (Å²) in [6.07, 6.45) is 0.847. The Morgan fingerprint density at radius 1 is 0.933 bits per heavy atom. The first-order valence-corrected chi connectivity index (χ1v) is 5.21. The Hall–Kier alpha value is -1.47. The summed E-state index contributed by atoms with van der Waals surface area (Å²) in [5.41, 5.74) is 8.78. The zero-order valence-corrected chi connectivity index (χ0v) is 9.04. The molecule has 0 aliphatic carbocycles. The van der Waals surface area contributed by atoms with Gasteiger partial charge in [-0.2, -0.15) is 0 Å². The van der Waals surface area contributed by atoms with E-state index in [2.05, 4.69) is 0 Å². The number of halogens is 1. The molecule has 0 saturated heterocycles. The van der Waals surface area contributed by atoms with Gasteiger partial charge in [-0.05, 0) is 35.7 Å². The summed E-state index contributed by atoms with van der Waals surface area (Å²) in [6, 6.07) is 15.8. The fourth-order valence-electron chi connectivity index (χ4n) is 1.50.